The maximum Gasteiger partial charge on any atom is 0.338 e. The van der Waals surface area contributed by atoms with Crippen LogP contribution in [0.15, 0.2) is 30.3 Å². The molecule has 0 amide bonds. The lowest BCUT2D eigenvalue weighted by molar-refractivity contribution is -0.152. The van der Waals surface area contributed by atoms with Crippen LogP contribution in [-0.2, 0) is 9.53 Å². The Morgan fingerprint density at radius 3 is 2.70 bits per heavy atom. The molecule has 1 aromatic carbocycles. The highest BCUT2D eigenvalue weighted by molar-refractivity contribution is 5.89. The molecule has 0 saturated carbocycles. The number of fused-ring (bicyclic) bond motifs is 2. The van der Waals surface area contributed by atoms with Crippen molar-refractivity contribution in [3.63, 3.8) is 0 Å². The fraction of sp³-hybridized carbons (Fsp3) is 0.444. The predicted molar refractivity (Wildman–Crippen MR) is 83.7 cm³/mol. The molecule has 23 heavy (non-hydrogen) atoms. The van der Waals surface area contributed by atoms with E-state index in [0.29, 0.717) is 18.5 Å². The first kappa shape index (κ1) is 15.6. The molecule has 2 fully saturated rings. The number of hydrogen-bond acceptors (Lipinski definition) is 4. The van der Waals surface area contributed by atoms with Gasteiger partial charge in [0.05, 0.1) is 12.1 Å². The highest BCUT2D eigenvalue weighted by Crippen LogP contribution is 2.40. The Bertz CT molecular complexity index is 636. The van der Waals surface area contributed by atoms with Gasteiger partial charge in [-0.25, -0.2) is 4.79 Å². The summed E-state index contributed by atoms with van der Waals surface area (Å²) in [6, 6.07) is 8.70. The normalized spacial score (nSPS) is 29.7. The van der Waals surface area contributed by atoms with Crippen molar-refractivity contribution < 1.29 is 19.4 Å². The second-order valence-electron chi connectivity index (χ2n) is 6.08. The van der Waals surface area contributed by atoms with Crippen molar-refractivity contribution in [2.75, 3.05) is 6.54 Å². The molecular weight excluding hydrogens is 294 g/mol. The minimum Gasteiger partial charge on any atom is -0.481 e. The molecule has 0 unspecified atom stereocenters. The van der Waals surface area contributed by atoms with E-state index in [2.05, 4.69) is 10.8 Å². The zero-order valence-corrected chi connectivity index (χ0v) is 12.7. The van der Waals surface area contributed by atoms with Crippen LogP contribution in [0.25, 0.3) is 0 Å². The average molecular weight is 313 g/mol. The zero-order valence-electron chi connectivity index (χ0n) is 12.7. The van der Waals surface area contributed by atoms with Gasteiger partial charge in [-0.1, -0.05) is 24.1 Å². The Morgan fingerprint density at radius 2 is 2.04 bits per heavy atom. The maximum atomic E-state index is 12.3. The number of aliphatic carboxylic acids is 1. The van der Waals surface area contributed by atoms with Gasteiger partial charge in [-0.2, -0.15) is 0 Å². The highest BCUT2D eigenvalue weighted by Gasteiger charge is 2.51. The number of benzene rings is 1. The first-order valence-electron chi connectivity index (χ1n) is 7.80. The Labute approximate surface area is 135 Å². The SMILES string of the molecule is C#CCN1[C@@H]2CC[C@@H]1[C@H](C(=O)O)[C@@H](OC(=O)c1ccccc1)C2. The Kier molecular flexibility index (Phi) is 4.35. The molecule has 2 heterocycles. The molecule has 3 rings (SSSR count). The van der Waals surface area contributed by atoms with Gasteiger partial charge in [0.25, 0.3) is 0 Å². The molecule has 1 aromatic rings. The summed E-state index contributed by atoms with van der Waals surface area (Å²) in [5.41, 5.74) is 0.440. The van der Waals surface area contributed by atoms with E-state index in [1.54, 1.807) is 24.3 Å². The van der Waals surface area contributed by atoms with Gasteiger partial charge in [-0.3, -0.25) is 9.69 Å². The van der Waals surface area contributed by atoms with E-state index in [4.69, 9.17) is 11.2 Å². The van der Waals surface area contributed by atoms with Crippen LogP contribution in [0.4, 0.5) is 0 Å². The number of ether oxygens (including phenoxy) is 1. The molecule has 4 atom stereocenters. The number of rotatable bonds is 4. The summed E-state index contributed by atoms with van der Waals surface area (Å²) in [6.07, 6.45) is 7.00. The topological polar surface area (TPSA) is 66.8 Å². The Morgan fingerprint density at radius 1 is 1.30 bits per heavy atom. The quantitative estimate of drug-likeness (QED) is 0.678. The molecular formula is C18H19NO4. The maximum absolute atomic E-state index is 12.3. The van der Waals surface area contributed by atoms with Crippen LogP contribution in [0.3, 0.4) is 0 Å². The number of esters is 1. The van der Waals surface area contributed by atoms with E-state index in [0.717, 1.165) is 12.8 Å². The van der Waals surface area contributed by atoms with Gasteiger partial charge < -0.3 is 9.84 Å². The summed E-state index contributed by atoms with van der Waals surface area (Å²) in [7, 11) is 0. The second kappa shape index (κ2) is 6.43. The van der Waals surface area contributed by atoms with Crippen LogP contribution < -0.4 is 0 Å². The minimum atomic E-state index is -0.928. The minimum absolute atomic E-state index is 0.157. The van der Waals surface area contributed by atoms with Crippen LogP contribution in [0.2, 0.25) is 0 Å². The third kappa shape index (κ3) is 2.95. The van der Waals surface area contributed by atoms with Crippen molar-refractivity contribution in [3.05, 3.63) is 35.9 Å². The number of terminal acetylenes is 1. The van der Waals surface area contributed by atoms with E-state index in [1.807, 2.05) is 6.07 Å². The number of hydrogen-bond donors (Lipinski definition) is 1. The van der Waals surface area contributed by atoms with Crippen LogP contribution >= 0.6 is 0 Å². The number of nitrogens with zero attached hydrogens (tertiary/aromatic N) is 1. The number of carboxylic acids is 1. The summed E-state index contributed by atoms with van der Waals surface area (Å²) >= 11 is 0. The van der Waals surface area contributed by atoms with Gasteiger partial charge in [0, 0.05) is 18.5 Å². The summed E-state index contributed by atoms with van der Waals surface area (Å²) in [5.74, 6) is 0.484. The van der Waals surface area contributed by atoms with E-state index in [1.165, 1.54) is 0 Å². The smallest absolute Gasteiger partial charge is 0.338 e. The van der Waals surface area contributed by atoms with Gasteiger partial charge in [0.2, 0.25) is 0 Å². The van der Waals surface area contributed by atoms with E-state index in [9.17, 15) is 14.7 Å². The second-order valence-corrected chi connectivity index (χ2v) is 6.08. The lowest BCUT2D eigenvalue weighted by Gasteiger charge is -2.41. The van der Waals surface area contributed by atoms with Crippen molar-refractivity contribution in [2.45, 2.75) is 37.5 Å². The lowest BCUT2D eigenvalue weighted by Crippen LogP contribution is -2.54. The van der Waals surface area contributed by atoms with Crippen LogP contribution in [0.1, 0.15) is 29.6 Å². The van der Waals surface area contributed by atoms with Crippen molar-refractivity contribution >= 4 is 11.9 Å². The molecule has 2 saturated heterocycles. The molecule has 120 valence electrons. The van der Waals surface area contributed by atoms with Crippen LogP contribution in [0.5, 0.6) is 0 Å². The summed E-state index contributed by atoms with van der Waals surface area (Å²) in [4.78, 5) is 26.1. The first-order valence-corrected chi connectivity index (χ1v) is 7.80. The summed E-state index contributed by atoms with van der Waals surface area (Å²) in [5, 5.41) is 9.63. The number of carbonyl (C=O) groups excluding carboxylic acids is 1. The fourth-order valence-electron chi connectivity index (χ4n) is 3.84. The summed E-state index contributed by atoms with van der Waals surface area (Å²) < 4.78 is 5.56. The average Bonchev–Trinajstić information content (AvgIpc) is 2.81. The largest absolute Gasteiger partial charge is 0.481 e. The van der Waals surface area contributed by atoms with E-state index < -0.39 is 24.0 Å². The van der Waals surface area contributed by atoms with Gasteiger partial charge >= 0.3 is 11.9 Å². The van der Waals surface area contributed by atoms with Crippen LogP contribution in [0, 0.1) is 18.3 Å². The lowest BCUT2D eigenvalue weighted by atomic mass is 9.87. The standard InChI is InChI=1S/C18H19NO4/c1-2-10-19-13-8-9-14(19)16(17(20)21)15(11-13)23-18(22)12-6-4-3-5-7-12/h1,3-7,13-16H,8-11H2,(H,20,21)/t13-,14-,15+,16+/m1/s1. The van der Waals surface area contributed by atoms with Gasteiger partial charge in [-0.05, 0) is 25.0 Å². The number of carboxylic acid groups (broad SMARTS) is 1. The molecule has 2 bridgehead atoms. The third-order valence-electron chi connectivity index (χ3n) is 4.84. The zero-order chi connectivity index (χ0) is 16.4. The van der Waals surface area contributed by atoms with Gasteiger partial charge in [0.1, 0.15) is 12.0 Å². The molecule has 0 aromatic heterocycles. The molecule has 1 N–H and O–H groups in total. The molecule has 2 aliphatic heterocycles. The van der Waals surface area contributed by atoms with Crippen molar-refractivity contribution in [1.82, 2.24) is 4.90 Å². The summed E-state index contributed by atoms with van der Waals surface area (Å²) in [6.45, 7) is 0.443. The monoisotopic (exact) mass is 313 g/mol. The molecule has 2 aliphatic rings. The fourth-order valence-corrected chi connectivity index (χ4v) is 3.84. The van der Waals surface area contributed by atoms with Crippen LogP contribution in [-0.4, -0.2) is 46.7 Å². The Hall–Kier alpha value is -2.32. The van der Waals surface area contributed by atoms with Gasteiger partial charge in [-0.15, -0.1) is 6.42 Å². The highest BCUT2D eigenvalue weighted by atomic mass is 16.5. The third-order valence-corrected chi connectivity index (χ3v) is 4.84. The van der Waals surface area contributed by atoms with E-state index >= 15 is 0 Å². The van der Waals surface area contributed by atoms with Crippen molar-refractivity contribution in [1.29, 1.82) is 0 Å². The van der Waals surface area contributed by atoms with Gasteiger partial charge in [0.15, 0.2) is 0 Å². The van der Waals surface area contributed by atoms with Crippen molar-refractivity contribution in [3.8, 4) is 12.3 Å². The van der Waals surface area contributed by atoms with Crippen molar-refractivity contribution in [2.24, 2.45) is 5.92 Å². The first-order chi connectivity index (χ1) is 11.1. The number of piperidine rings is 1. The molecule has 5 heteroatoms. The molecule has 0 radical (unpaired) electrons. The number of carbonyl (C=O) groups is 2. The molecule has 0 spiro atoms. The van der Waals surface area contributed by atoms with E-state index in [-0.39, 0.29) is 12.1 Å². The predicted octanol–water partition coefficient (Wildman–Crippen LogP) is 1.78. The Balaban J connectivity index is 1.78. The molecule has 0 aliphatic carbocycles. The molecule has 5 nitrogen and oxygen atoms in total.